The number of hydrogen-bond acceptors (Lipinski definition) is 3. The summed E-state index contributed by atoms with van der Waals surface area (Å²) in [6.07, 6.45) is 2.39. The van der Waals surface area contributed by atoms with Crippen molar-refractivity contribution < 1.29 is 4.74 Å². The molecule has 0 aliphatic rings. The van der Waals surface area contributed by atoms with Crippen molar-refractivity contribution in [3.8, 4) is 0 Å². The largest absolute Gasteiger partial charge is 0.380 e. The van der Waals surface area contributed by atoms with E-state index >= 15 is 0 Å². The van der Waals surface area contributed by atoms with Crippen molar-refractivity contribution in [2.75, 3.05) is 45.9 Å². The summed E-state index contributed by atoms with van der Waals surface area (Å²) in [6.45, 7) is 16.3. The smallest absolute Gasteiger partial charge is 0.0590 e. The molecule has 0 saturated carbocycles. The van der Waals surface area contributed by atoms with Crippen molar-refractivity contribution in [1.29, 1.82) is 0 Å². The minimum atomic E-state index is 0.757. The second-order valence-electron chi connectivity index (χ2n) is 5.00. The monoisotopic (exact) mass is 244 g/mol. The minimum absolute atomic E-state index is 0.757. The molecular formula is C14H32N2O. The molecule has 0 radical (unpaired) electrons. The topological polar surface area (TPSA) is 24.5 Å². The molecule has 0 aromatic carbocycles. The first-order chi connectivity index (χ1) is 8.20. The highest BCUT2D eigenvalue weighted by Gasteiger charge is 2.03. The van der Waals surface area contributed by atoms with Crippen molar-refractivity contribution in [3.05, 3.63) is 0 Å². The van der Waals surface area contributed by atoms with Gasteiger partial charge < -0.3 is 15.0 Å². The van der Waals surface area contributed by atoms with Gasteiger partial charge in [-0.2, -0.15) is 0 Å². The van der Waals surface area contributed by atoms with E-state index in [1.165, 1.54) is 19.4 Å². The van der Waals surface area contributed by atoms with Crippen molar-refractivity contribution in [2.45, 2.75) is 40.5 Å². The van der Waals surface area contributed by atoms with Gasteiger partial charge in [0.15, 0.2) is 0 Å². The first-order valence-corrected chi connectivity index (χ1v) is 7.21. The van der Waals surface area contributed by atoms with E-state index < -0.39 is 0 Å². The van der Waals surface area contributed by atoms with E-state index in [4.69, 9.17) is 4.74 Å². The molecule has 0 aromatic heterocycles. The van der Waals surface area contributed by atoms with Crippen LogP contribution in [0.5, 0.6) is 0 Å². The Morgan fingerprint density at radius 3 is 2.47 bits per heavy atom. The Hall–Kier alpha value is -0.120. The number of nitrogens with zero attached hydrogens (tertiary/aromatic N) is 1. The van der Waals surface area contributed by atoms with E-state index in [2.05, 4.69) is 37.9 Å². The highest BCUT2D eigenvalue weighted by atomic mass is 16.5. The summed E-state index contributed by atoms with van der Waals surface area (Å²) in [5, 5.41) is 3.43. The zero-order valence-corrected chi connectivity index (χ0v) is 12.3. The van der Waals surface area contributed by atoms with Gasteiger partial charge in [-0.25, -0.2) is 0 Å². The highest BCUT2D eigenvalue weighted by molar-refractivity contribution is 4.60. The summed E-state index contributed by atoms with van der Waals surface area (Å²) in [4.78, 5) is 2.50. The van der Waals surface area contributed by atoms with Crippen LogP contribution in [-0.4, -0.2) is 50.8 Å². The van der Waals surface area contributed by atoms with Crippen LogP contribution in [0.4, 0.5) is 0 Å². The van der Waals surface area contributed by atoms with E-state index in [9.17, 15) is 0 Å². The second-order valence-corrected chi connectivity index (χ2v) is 5.00. The maximum Gasteiger partial charge on any atom is 0.0590 e. The van der Waals surface area contributed by atoms with E-state index in [0.717, 1.165) is 45.3 Å². The average Bonchev–Trinajstić information content (AvgIpc) is 2.30. The maximum atomic E-state index is 5.50. The summed E-state index contributed by atoms with van der Waals surface area (Å²) in [6, 6.07) is 0. The Labute approximate surface area is 108 Å². The highest BCUT2D eigenvalue weighted by Crippen LogP contribution is 1.96. The molecule has 3 heteroatoms. The molecule has 17 heavy (non-hydrogen) atoms. The summed E-state index contributed by atoms with van der Waals surface area (Å²) >= 11 is 0. The van der Waals surface area contributed by atoms with Crippen LogP contribution in [0.2, 0.25) is 0 Å². The lowest BCUT2D eigenvalue weighted by atomic mass is 10.2. The SMILES string of the molecule is CCCCOCCNCCN(CC)CC(C)C. The predicted molar refractivity (Wildman–Crippen MR) is 75.5 cm³/mol. The van der Waals surface area contributed by atoms with Gasteiger partial charge in [-0.15, -0.1) is 0 Å². The standard InChI is InChI=1S/C14H32N2O/c1-5-7-11-17-12-9-15-8-10-16(6-2)13-14(3)4/h14-15H,5-13H2,1-4H3. The fourth-order valence-corrected chi connectivity index (χ4v) is 1.75. The molecular weight excluding hydrogens is 212 g/mol. The molecule has 0 bridgehead atoms. The Kier molecular flexibility index (Phi) is 12.3. The summed E-state index contributed by atoms with van der Waals surface area (Å²) < 4.78 is 5.50. The lowest BCUT2D eigenvalue weighted by molar-refractivity contribution is 0.132. The van der Waals surface area contributed by atoms with Crippen LogP contribution in [0, 0.1) is 5.92 Å². The van der Waals surface area contributed by atoms with Crippen molar-refractivity contribution >= 4 is 0 Å². The molecule has 0 aliphatic heterocycles. The zero-order valence-electron chi connectivity index (χ0n) is 12.3. The molecule has 104 valence electrons. The Morgan fingerprint density at radius 2 is 1.88 bits per heavy atom. The number of hydrogen-bond donors (Lipinski definition) is 1. The molecule has 0 spiro atoms. The summed E-state index contributed by atoms with van der Waals surface area (Å²) in [7, 11) is 0. The van der Waals surface area contributed by atoms with Crippen LogP contribution in [0.25, 0.3) is 0 Å². The van der Waals surface area contributed by atoms with Crippen LogP contribution in [-0.2, 0) is 4.74 Å². The van der Waals surface area contributed by atoms with Gasteiger partial charge in [-0.05, 0) is 18.9 Å². The van der Waals surface area contributed by atoms with Gasteiger partial charge in [0.05, 0.1) is 6.61 Å². The Balaban J connectivity index is 3.25. The van der Waals surface area contributed by atoms with Gasteiger partial charge in [0.1, 0.15) is 0 Å². The van der Waals surface area contributed by atoms with E-state index in [1.807, 2.05) is 0 Å². The summed E-state index contributed by atoms with van der Waals surface area (Å²) in [5.74, 6) is 0.757. The first kappa shape index (κ1) is 16.9. The van der Waals surface area contributed by atoms with Crippen LogP contribution >= 0.6 is 0 Å². The van der Waals surface area contributed by atoms with Gasteiger partial charge in [0.2, 0.25) is 0 Å². The quantitative estimate of drug-likeness (QED) is 0.533. The van der Waals surface area contributed by atoms with Gasteiger partial charge in [-0.3, -0.25) is 0 Å². The molecule has 0 atom stereocenters. The fourth-order valence-electron chi connectivity index (χ4n) is 1.75. The van der Waals surface area contributed by atoms with E-state index in [0.29, 0.717) is 0 Å². The number of likely N-dealkylation sites (N-methyl/N-ethyl adjacent to an activating group) is 1. The third-order valence-corrected chi connectivity index (χ3v) is 2.74. The average molecular weight is 244 g/mol. The number of unbranched alkanes of at least 4 members (excludes halogenated alkanes) is 1. The maximum absolute atomic E-state index is 5.50. The van der Waals surface area contributed by atoms with Gasteiger partial charge in [-0.1, -0.05) is 34.1 Å². The molecule has 0 aliphatic carbocycles. The molecule has 0 fully saturated rings. The number of nitrogens with one attached hydrogen (secondary N) is 1. The molecule has 0 heterocycles. The molecule has 0 rings (SSSR count). The summed E-state index contributed by atoms with van der Waals surface area (Å²) in [5.41, 5.74) is 0. The van der Waals surface area contributed by atoms with Crippen LogP contribution in [0.3, 0.4) is 0 Å². The van der Waals surface area contributed by atoms with Gasteiger partial charge >= 0.3 is 0 Å². The fraction of sp³-hybridized carbons (Fsp3) is 1.00. The van der Waals surface area contributed by atoms with Gasteiger partial charge in [0, 0.05) is 32.8 Å². The minimum Gasteiger partial charge on any atom is -0.380 e. The van der Waals surface area contributed by atoms with Crippen molar-refractivity contribution in [2.24, 2.45) is 5.92 Å². The van der Waals surface area contributed by atoms with E-state index in [-0.39, 0.29) is 0 Å². The van der Waals surface area contributed by atoms with Gasteiger partial charge in [0.25, 0.3) is 0 Å². The molecule has 1 N–H and O–H groups in total. The van der Waals surface area contributed by atoms with E-state index in [1.54, 1.807) is 0 Å². The molecule has 0 unspecified atom stereocenters. The molecule has 0 aromatic rings. The third-order valence-electron chi connectivity index (χ3n) is 2.74. The van der Waals surface area contributed by atoms with Crippen molar-refractivity contribution in [3.63, 3.8) is 0 Å². The lowest BCUT2D eigenvalue weighted by Crippen LogP contribution is -2.35. The van der Waals surface area contributed by atoms with Crippen LogP contribution in [0.1, 0.15) is 40.5 Å². The molecule has 0 saturated heterocycles. The zero-order chi connectivity index (χ0) is 12.9. The Morgan fingerprint density at radius 1 is 1.12 bits per heavy atom. The molecule has 3 nitrogen and oxygen atoms in total. The lowest BCUT2D eigenvalue weighted by Gasteiger charge is -2.22. The first-order valence-electron chi connectivity index (χ1n) is 7.21. The van der Waals surface area contributed by atoms with Crippen LogP contribution < -0.4 is 5.32 Å². The predicted octanol–water partition coefficient (Wildman–Crippen LogP) is 2.37. The number of ether oxygens (including phenoxy) is 1. The normalized spacial score (nSPS) is 11.6. The van der Waals surface area contributed by atoms with Crippen LogP contribution in [0.15, 0.2) is 0 Å². The van der Waals surface area contributed by atoms with Crippen molar-refractivity contribution in [1.82, 2.24) is 10.2 Å². The molecule has 0 amide bonds. The second kappa shape index (κ2) is 12.3. The number of rotatable bonds is 12. The third kappa shape index (κ3) is 12.1. The Bertz CT molecular complexity index is 151.